The normalized spacial score (nSPS) is 12.3. The molecular formula is C13H15F3O2. The Morgan fingerprint density at radius 1 is 1.28 bits per heavy atom. The molecule has 100 valence electrons. The molecule has 0 aliphatic carbocycles. The zero-order valence-corrected chi connectivity index (χ0v) is 10.5. The van der Waals surface area contributed by atoms with Crippen LogP contribution in [0.5, 0.6) is 5.75 Å². The van der Waals surface area contributed by atoms with Gasteiger partial charge in [0.05, 0.1) is 11.0 Å². The summed E-state index contributed by atoms with van der Waals surface area (Å²) in [5, 5.41) is 0. The second-order valence-electron chi connectivity index (χ2n) is 4.65. The number of hydrogen-bond acceptors (Lipinski definition) is 2. The molecule has 1 rings (SSSR count). The molecule has 1 aromatic carbocycles. The molecule has 0 saturated heterocycles. The van der Waals surface area contributed by atoms with Gasteiger partial charge in [-0.05, 0) is 38.5 Å². The highest BCUT2D eigenvalue weighted by Crippen LogP contribution is 2.32. The van der Waals surface area contributed by atoms with Gasteiger partial charge in [0.15, 0.2) is 0 Å². The summed E-state index contributed by atoms with van der Waals surface area (Å²) >= 11 is 0. The highest BCUT2D eigenvalue weighted by molar-refractivity contribution is 5.78. The molecule has 0 aliphatic rings. The highest BCUT2D eigenvalue weighted by Gasteiger charge is 2.32. The van der Waals surface area contributed by atoms with E-state index in [1.165, 1.54) is 12.1 Å². The van der Waals surface area contributed by atoms with Crippen molar-refractivity contribution in [1.82, 2.24) is 0 Å². The molecule has 1 aromatic rings. The molecule has 0 saturated carbocycles. The number of carbonyl (C=O) groups excluding carboxylic acids is 1. The number of hydrogen-bond donors (Lipinski definition) is 0. The Balaban J connectivity index is 2.90. The Labute approximate surface area is 104 Å². The van der Waals surface area contributed by atoms with Crippen LogP contribution in [-0.2, 0) is 11.0 Å². The van der Waals surface area contributed by atoms with E-state index in [4.69, 9.17) is 4.74 Å². The fraction of sp³-hybridized carbons (Fsp3) is 0.462. The zero-order valence-electron chi connectivity index (χ0n) is 10.5. The number of ether oxygens (including phenoxy) is 1. The average molecular weight is 260 g/mol. The summed E-state index contributed by atoms with van der Waals surface area (Å²) < 4.78 is 42.4. The van der Waals surface area contributed by atoms with Gasteiger partial charge in [0, 0.05) is 0 Å². The first-order valence-electron chi connectivity index (χ1n) is 5.56. The van der Waals surface area contributed by atoms with Gasteiger partial charge in [0.2, 0.25) is 0 Å². The molecule has 18 heavy (non-hydrogen) atoms. The highest BCUT2D eigenvalue weighted by atomic mass is 19.4. The topological polar surface area (TPSA) is 26.3 Å². The first kappa shape index (κ1) is 14.5. The van der Waals surface area contributed by atoms with E-state index in [1.54, 1.807) is 13.8 Å². The van der Waals surface area contributed by atoms with Crippen molar-refractivity contribution in [3.05, 3.63) is 29.8 Å². The van der Waals surface area contributed by atoms with Crippen LogP contribution in [0.4, 0.5) is 13.2 Å². The SMILES string of the molecule is CCC(C)(C)C(=O)Oc1cccc(C(F)(F)F)c1. The third-order valence-corrected chi connectivity index (χ3v) is 2.81. The molecule has 5 heteroatoms. The minimum Gasteiger partial charge on any atom is -0.426 e. The standard InChI is InChI=1S/C13H15F3O2/c1-4-12(2,3)11(17)18-10-7-5-6-9(8-10)13(14,15)16/h5-8H,4H2,1-3H3. The maximum atomic E-state index is 12.5. The molecule has 0 fully saturated rings. The van der Waals surface area contributed by atoms with Crippen molar-refractivity contribution in [3.63, 3.8) is 0 Å². The lowest BCUT2D eigenvalue weighted by Crippen LogP contribution is -2.28. The van der Waals surface area contributed by atoms with E-state index in [1.807, 2.05) is 6.92 Å². The molecule has 0 aromatic heterocycles. The summed E-state index contributed by atoms with van der Waals surface area (Å²) in [7, 11) is 0. The van der Waals surface area contributed by atoms with Crippen molar-refractivity contribution in [2.45, 2.75) is 33.4 Å². The van der Waals surface area contributed by atoms with E-state index < -0.39 is 23.1 Å². The van der Waals surface area contributed by atoms with E-state index in [0.717, 1.165) is 12.1 Å². The van der Waals surface area contributed by atoms with Gasteiger partial charge in [-0.1, -0.05) is 13.0 Å². The average Bonchev–Trinajstić information content (AvgIpc) is 2.28. The van der Waals surface area contributed by atoms with Crippen LogP contribution in [0.1, 0.15) is 32.8 Å². The van der Waals surface area contributed by atoms with Crippen LogP contribution >= 0.6 is 0 Å². The number of benzene rings is 1. The lowest BCUT2D eigenvalue weighted by molar-refractivity contribution is -0.145. The monoisotopic (exact) mass is 260 g/mol. The van der Waals surface area contributed by atoms with Gasteiger partial charge in [0.1, 0.15) is 5.75 Å². The number of halogens is 3. The minimum atomic E-state index is -4.44. The maximum Gasteiger partial charge on any atom is 0.416 e. The van der Waals surface area contributed by atoms with Gasteiger partial charge in [-0.25, -0.2) is 0 Å². The smallest absolute Gasteiger partial charge is 0.416 e. The zero-order chi connectivity index (χ0) is 14.0. The number of carbonyl (C=O) groups is 1. The number of alkyl halides is 3. The lowest BCUT2D eigenvalue weighted by Gasteiger charge is -2.20. The van der Waals surface area contributed by atoms with E-state index in [-0.39, 0.29) is 5.75 Å². The van der Waals surface area contributed by atoms with Crippen molar-refractivity contribution in [1.29, 1.82) is 0 Å². The van der Waals surface area contributed by atoms with E-state index >= 15 is 0 Å². The molecule has 0 bridgehead atoms. The molecule has 0 radical (unpaired) electrons. The van der Waals surface area contributed by atoms with Crippen molar-refractivity contribution in [3.8, 4) is 5.75 Å². The van der Waals surface area contributed by atoms with Crippen LogP contribution in [0.25, 0.3) is 0 Å². The predicted molar refractivity (Wildman–Crippen MR) is 61.2 cm³/mol. The van der Waals surface area contributed by atoms with Crippen LogP contribution in [0.3, 0.4) is 0 Å². The summed E-state index contributed by atoms with van der Waals surface area (Å²) in [4.78, 5) is 11.7. The molecule has 2 nitrogen and oxygen atoms in total. The van der Waals surface area contributed by atoms with Crippen molar-refractivity contribution in [2.24, 2.45) is 5.41 Å². The van der Waals surface area contributed by atoms with E-state index in [2.05, 4.69) is 0 Å². The Kier molecular flexibility index (Phi) is 4.04. The quantitative estimate of drug-likeness (QED) is 0.605. The van der Waals surface area contributed by atoms with Crippen molar-refractivity contribution >= 4 is 5.97 Å². The molecule has 0 amide bonds. The van der Waals surface area contributed by atoms with Crippen molar-refractivity contribution < 1.29 is 22.7 Å². The fourth-order valence-electron chi connectivity index (χ4n) is 1.13. The Hall–Kier alpha value is -1.52. The summed E-state index contributed by atoms with van der Waals surface area (Å²) in [6, 6.07) is 4.30. The second-order valence-corrected chi connectivity index (χ2v) is 4.65. The van der Waals surface area contributed by atoms with E-state index in [0.29, 0.717) is 6.42 Å². The fourth-order valence-corrected chi connectivity index (χ4v) is 1.13. The Bertz CT molecular complexity index is 436. The number of esters is 1. The first-order chi connectivity index (χ1) is 8.16. The molecular weight excluding hydrogens is 245 g/mol. The van der Waals surface area contributed by atoms with Gasteiger partial charge < -0.3 is 4.74 Å². The Morgan fingerprint density at radius 3 is 2.39 bits per heavy atom. The summed E-state index contributed by atoms with van der Waals surface area (Å²) in [6.07, 6.45) is -3.90. The third kappa shape index (κ3) is 3.48. The van der Waals surface area contributed by atoms with Gasteiger partial charge in [-0.3, -0.25) is 4.79 Å². The molecule has 0 aliphatic heterocycles. The second kappa shape index (κ2) is 5.00. The summed E-state index contributed by atoms with van der Waals surface area (Å²) in [5.41, 5.74) is -1.55. The van der Waals surface area contributed by atoms with Gasteiger partial charge in [-0.2, -0.15) is 13.2 Å². The summed E-state index contributed by atoms with van der Waals surface area (Å²) in [6.45, 7) is 5.18. The van der Waals surface area contributed by atoms with Gasteiger partial charge in [0.25, 0.3) is 0 Å². The van der Waals surface area contributed by atoms with Crippen LogP contribution in [-0.4, -0.2) is 5.97 Å². The molecule has 0 atom stereocenters. The van der Waals surface area contributed by atoms with Gasteiger partial charge in [-0.15, -0.1) is 0 Å². The molecule has 0 spiro atoms. The largest absolute Gasteiger partial charge is 0.426 e. The molecule has 0 unspecified atom stereocenters. The molecule has 0 N–H and O–H groups in total. The van der Waals surface area contributed by atoms with Gasteiger partial charge >= 0.3 is 12.1 Å². The Morgan fingerprint density at radius 2 is 1.89 bits per heavy atom. The number of rotatable bonds is 3. The van der Waals surface area contributed by atoms with Crippen LogP contribution in [0, 0.1) is 5.41 Å². The van der Waals surface area contributed by atoms with E-state index in [9.17, 15) is 18.0 Å². The van der Waals surface area contributed by atoms with Crippen LogP contribution < -0.4 is 4.74 Å². The van der Waals surface area contributed by atoms with Crippen LogP contribution in [0.15, 0.2) is 24.3 Å². The van der Waals surface area contributed by atoms with Crippen molar-refractivity contribution in [2.75, 3.05) is 0 Å². The predicted octanol–water partition coefficient (Wildman–Crippen LogP) is 4.05. The van der Waals surface area contributed by atoms with Crippen LogP contribution in [0.2, 0.25) is 0 Å². The summed E-state index contributed by atoms with van der Waals surface area (Å²) in [5.74, 6) is -0.624. The third-order valence-electron chi connectivity index (χ3n) is 2.81. The first-order valence-corrected chi connectivity index (χ1v) is 5.56. The minimum absolute atomic E-state index is 0.0867. The lowest BCUT2D eigenvalue weighted by atomic mass is 9.91. The maximum absolute atomic E-state index is 12.5. The molecule has 0 heterocycles.